The predicted octanol–water partition coefficient (Wildman–Crippen LogP) is 3.74. The lowest BCUT2D eigenvalue weighted by molar-refractivity contribution is -0.120. The number of pyridine rings is 1. The highest BCUT2D eigenvalue weighted by Crippen LogP contribution is 2.28. The molecule has 1 atom stereocenters. The minimum absolute atomic E-state index is 0.0349. The molecule has 0 bridgehead atoms. The highest BCUT2D eigenvalue weighted by Gasteiger charge is 2.21. The zero-order valence-corrected chi connectivity index (χ0v) is 17.2. The first kappa shape index (κ1) is 20.3. The van der Waals surface area contributed by atoms with Crippen molar-refractivity contribution in [2.24, 2.45) is 5.92 Å². The van der Waals surface area contributed by atoms with Crippen molar-refractivity contribution >= 4 is 29.1 Å². The molecule has 3 aromatic rings. The number of carbonyl (C=O) groups is 1. The van der Waals surface area contributed by atoms with Crippen LogP contribution in [0.2, 0.25) is 5.02 Å². The fourth-order valence-electron chi connectivity index (χ4n) is 3.38. The molecule has 3 heterocycles. The largest absolute Gasteiger partial charge is 0.365 e. The molecule has 1 amide bonds. The van der Waals surface area contributed by atoms with Gasteiger partial charge in [-0.05, 0) is 31.0 Å². The molecule has 3 N–H and O–H groups in total. The van der Waals surface area contributed by atoms with Gasteiger partial charge in [-0.25, -0.2) is 9.97 Å². The number of hydrogen-bond acceptors (Lipinski definition) is 6. The lowest BCUT2D eigenvalue weighted by Crippen LogP contribution is -2.37. The van der Waals surface area contributed by atoms with E-state index >= 15 is 0 Å². The molecule has 0 spiro atoms. The highest BCUT2D eigenvalue weighted by atomic mass is 35.5. The topological polar surface area (TPSA) is 91.8 Å². The van der Waals surface area contributed by atoms with Crippen LogP contribution >= 0.6 is 11.6 Å². The van der Waals surface area contributed by atoms with Gasteiger partial charge in [-0.2, -0.15) is 0 Å². The van der Waals surface area contributed by atoms with Crippen molar-refractivity contribution in [3.63, 3.8) is 0 Å². The Morgan fingerprint density at radius 1 is 1.17 bits per heavy atom. The maximum atomic E-state index is 12.5. The van der Waals surface area contributed by atoms with Gasteiger partial charge in [-0.15, -0.1) is 0 Å². The Morgan fingerprint density at radius 3 is 2.83 bits per heavy atom. The Kier molecular flexibility index (Phi) is 6.51. The molecular weight excluding hydrogens is 400 g/mol. The maximum absolute atomic E-state index is 12.5. The van der Waals surface area contributed by atoms with Crippen LogP contribution in [0.1, 0.15) is 18.4 Å². The van der Waals surface area contributed by atoms with Crippen molar-refractivity contribution in [3.8, 4) is 11.3 Å². The highest BCUT2D eigenvalue weighted by molar-refractivity contribution is 6.33. The number of piperidine rings is 1. The van der Waals surface area contributed by atoms with Crippen LogP contribution < -0.4 is 16.0 Å². The average molecular weight is 423 g/mol. The van der Waals surface area contributed by atoms with Gasteiger partial charge in [0.25, 0.3) is 0 Å². The van der Waals surface area contributed by atoms with Crippen LogP contribution in [-0.4, -0.2) is 33.9 Å². The molecule has 2 aromatic heterocycles. The van der Waals surface area contributed by atoms with E-state index in [9.17, 15) is 4.79 Å². The van der Waals surface area contributed by atoms with E-state index in [0.29, 0.717) is 41.0 Å². The van der Waals surface area contributed by atoms with Crippen molar-refractivity contribution in [3.05, 3.63) is 65.6 Å². The van der Waals surface area contributed by atoms with Crippen LogP contribution in [0.15, 0.2) is 55.0 Å². The number of rotatable bonds is 6. The van der Waals surface area contributed by atoms with Crippen LogP contribution in [0.4, 0.5) is 11.6 Å². The standard InChI is InChI=1S/C22H23ClN6O/c23-18-12-27-20(29-22(30)16-7-4-8-24-11-16)9-17(18)19-13-25-14-21(28-19)26-10-15-5-2-1-3-6-15/h1-3,5-6,9,12-14,16,24H,4,7-8,10-11H2,(H,26,28)(H,27,29,30)/t16-/m1/s1. The Bertz CT molecular complexity index is 1010. The number of nitrogens with zero attached hydrogens (tertiary/aromatic N) is 3. The van der Waals surface area contributed by atoms with E-state index in [1.54, 1.807) is 18.5 Å². The summed E-state index contributed by atoms with van der Waals surface area (Å²) in [6.45, 7) is 2.28. The van der Waals surface area contributed by atoms with E-state index in [2.05, 4.69) is 30.9 Å². The van der Waals surface area contributed by atoms with Crippen LogP contribution in [-0.2, 0) is 11.3 Å². The molecule has 1 saturated heterocycles. The fourth-order valence-corrected chi connectivity index (χ4v) is 3.58. The summed E-state index contributed by atoms with van der Waals surface area (Å²) in [7, 11) is 0. The number of halogens is 1. The molecule has 0 aliphatic carbocycles. The van der Waals surface area contributed by atoms with Crippen LogP contribution in [0, 0.1) is 5.92 Å². The Morgan fingerprint density at radius 2 is 2.03 bits per heavy atom. The smallest absolute Gasteiger partial charge is 0.229 e. The summed E-state index contributed by atoms with van der Waals surface area (Å²) < 4.78 is 0. The number of amides is 1. The lowest BCUT2D eigenvalue weighted by atomic mass is 9.99. The molecule has 30 heavy (non-hydrogen) atoms. The number of benzene rings is 1. The second-order valence-corrected chi connectivity index (χ2v) is 7.62. The van der Waals surface area contributed by atoms with Crippen LogP contribution in [0.3, 0.4) is 0 Å². The van der Waals surface area contributed by atoms with E-state index in [4.69, 9.17) is 11.6 Å². The van der Waals surface area contributed by atoms with E-state index < -0.39 is 0 Å². The number of aromatic nitrogens is 3. The van der Waals surface area contributed by atoms with Crippen molar-refractivity contribution in [2.75, 3.05) is 23.7 Å². The molecule has 0 saturated carbocycles. The molecule has 1 aromatic carbocycles. The Labute approximate surface area is 180 Å². The van der Waals surface area contributed by atoms with Gasteiger partial charge in [0.2, 0.25) is 5.91 Å². The minimum Gasteiger partial charge on any atom is -0.365 e. The molecule has 8 heteroatoms. The van der Waals surface area contributed by atoms with Gasteiger partial charge < -0.3 is 16.0 Å². The van der Waals surface area contributed by atoms with Gasteiger partial charge in [0, 0.05) is 24.8 Å². The van der Waals surface area contributed by atoms with Gasteiger partial charge in [0.1, 0.15) is 11.6 Å². The lowest BCUT2D eigenvalue weighted by Gasteiger charge is -2.21. The predicted molar refractivity (Wildman–Crippen MR) is 118 cm³/mol. The summed E-state index contributed by atoms with van der Waals surface area (Å²) in [5.74, 6) is 1.01. The van der Waals surface area contributed by atoms with Gasteiger partial charge >= 0.3 is 0 Å². The molecule has 1 aliphatic rings. The van der Waals surface area contributed by atoms with Gasteiger partial charge in [0.15, 0.2) is 0 Å². The SMILES string of the molecule is O=C(Nc1cc(-c2cncc(NCc3ccccc3)n2)c(Cl)cn1)[C@@H]1CCCNC1. The molecule has 0 unspecified atom stereocenters. The molecule has 0 radical (unpaired) electrons. The second-order valence-electron chi connectivity index (χ2n) is 7.21. The van der Waals surface area contributed by atoms with Gasteiger partial charge in [-0.3, -0.25) is 9.78 Å². The maximum Gasteiger partial charge on any atom is 0.229 e. The Hall–Kier alpha value is -3.03. The third-order valence-electron chi connectivity index (χ3n) is 5.00. The van der Waals surface area contributed by atoms with Gasteiger partial charge in [0.05, 0.1) is 29.0 Å². The zero-order valence-electron chi connectivity index (χ0n) is 16.4. The van der Waals surface area contributed by atoms with Crippen molar-refractivity contribution in [1.82, 2.24) is 20.3 Å². The molecule has 154 valence electrons. The normalized spacial score (nSPS) is 16.1. The van der Waals surface area contributed by atoms with Crippen molar-refractivity contribution in [1.29, 1.82) is 0 Å². The van der Waals surface area contributed by atoms with Crippen LogP contribution in [0.25, 0.3) is 11.3 Å². The number of anilines is 2. The summed E-state index contributed by atoms with van der Waals surface area (Å²) in [4.78, 5) is 25.7. The fraction of sp³-hybridized carbons (Fsp3) is 0.273. The van der Waals surface area contributed by atoms with E-state index in [1.165, 1.54) is 6.20 Å². The van der Waals surface area contributed by atoms with E-state index in [0.717, 1.165) is 24.9 Å². The summed E-state index contributed by atoms with van der Waals surface area (Å²) in [5, 5.41) is 9.87. The van der Waals surface area contributed by atoms with Crippen molar-refractivity contribution in [2.45, 2.75) is 19.4 Å². The monoisotopic (exact) mass is 422 g/mol. The van der Waals surface area contributed by atoms with Crippen molar-refractivity contribution < 1.29 is 4.79 Å². The molecule has 4 rings (SSSR count). The van der Waals surface area contributed by atoms with Crippen LogP contribution in [0.5, 0.6) is 0 Å². The number of carbonyl (C=O) groups excluding carboxylic acids is 1. The third-order valence-corrected chi connectivity index (χ3v) is 5.30. The second kappa shape index (κ2) is 9.65. The zero-order chi connectivity index (χ0) is 20.8. The molecule has 1 aliphatic heterocycles. The first-order valence-electron chi connectivity index (χ1n) is 9.96. The number of nitrogens with one attached hydrogen (secondary N) is 3. The average Bonchev–Trinajstić information content (AvgIpc) is 2.80. The summed E-state index contributed by atoms with van der Waals surface area (Å²) in [6.07, 6.45) is 6.71. The third kappa shape index (κ3) is 5.11. The van der Waals surface area contributed by atoms with Gasteiger partial charge in [-0.1, -0.05) is 41.9 Å². The summed E-state index contributed by atoms with van der Waals surface area (Å²) >= 11 is 6.37. The first-order chi connectivity index (χ1) is 14.7. The Balaban J connectivity index is 1.49. The molecule has 1 fully saturated rings. The summed E-state index contributed by atoms with van der Waals surface area (Å²) in [6, 6.07) is 11.8. The quantitative estimate of drug-likeness (QED) is 0.560. The first-order valence-corrected chi connectivity index (χ1v) is 10.3. The molecular formula is C22H23ClN6O. The molecule has 7 nitrogen and oxygen atoms in total. The minimum atomic E-state index is -0.0509. The van der Waals surface area contributed by atoms with E-state index in [1.807, 2.05) is 30.3 Å². The number of hydrogen-bond donors (Lipinski definition) is 3. The van der Waals surface area contributed by atoms with E-state index in [-0.39, 0.29) is 11.8 Å². The summed E-state index contributed by atoms with van der Waals surface area (Å²) in [5.41, 5.74) is 2.42.